The first-order valence-corrected chi connectivity index (χ1v) is 7.33. The van der Waals surface area contributed by atoms with Crippen molar-refractivity contribution in [2.24, 2.45) is 0 Å². The van der Waals surface area contributed by atoms with Gasteiger partial charge in [0, 0.05) is 28.5 Å². The highest BCUT2D eigenvalue weighted by Gasteiger charge is 2.17. The molecule has 0 radical (unpaired) electrons. The fourth-order valence-electron chi connectivity index (χ4n) is 2.17. The summed E-state index contributed by atoms with van der Waals surface area (Å²) in [5.41, 5.74) is 1.54. The second-order valence-electron chi connectivity index (χ2n) is 4.79. The Balaban J connectivity index is 2.15. The van der Waals surface area contributed by atoms with Gasteiger partial charge in [0.2, 0.25) is 0 Å². The topological polar surface area (TPSA) is 34.1 Å². The molecule has 0 bridgehead atoms. The maximum atomic E-state index is 12.3. The van der Waals surface area contributed by atoms with Gasteiger partial charge in [0.15, 0.2) is 5.78 Å². The number of hydrogen-bond acceptors (Lipinski definition) is 2. The summed E-state index contributed by atoms with van der Waals surface area (Å²) < 4.78 is 0. The molecule has 4 heteroatoms. The van der Waals surface area contributed by atoms with Gasteiger partial charge in [0.05, 0.1) is 0 Å². The van der Waals surface area contributed by atoms with Gasteiger partial charge in [-0.1, -0.05) is 35.3 Å². The van der Waals surface area contributed by atoms with Crippen molar-refractivity contribution in [2.75, 3.05) is 0 Å². The minimum absolute atomic E-state index is 0.00605. The number of aldehydes is 1. The predicted octanol–water partition coefficient (Wildman–Crippen LogP) is 4.94. The van der Waals surface area contributed by atoms with E-state index in [2.05, 4.69) is 0 Å². The Bertz CT molecular complexity index is 618. The lowest BCUT2D eigenvalue weighted by Gasteiger charge is -2.14. The van der Waals surface area contributed by atoms with Crippen molar-refractivity contribution in [1.82, 2.24) is 0 Å². The maximum Gasteiger partial charge on any atom is 0.163 e. The molecule has 2 nitrogen and oxygen atoms in total. The summed E-state index contributed by atoms with van der Waals surface area (Å²) >= 11 is 11.7. The zero-order valence-electron chi connectivity index (χ0n) is 11.3. The number of rotatable bonds is 6. The van der Waals surface area contributed by atoms with Gasteiger partial charge in [-0.25, -0.2) is 0 Å². The van der Waals surface area contributed by atoms with Crippen LogP contribution in [0.5, 0.6) is 0 Å². The van der Waals surface area contributed by atoms with E-state index in [1.165, 1.54) is 0 Å². The van der Waals surface area contributed by atoms with Crippen molar-refractivity contribution in [3.63, 3.8) is 0 Å². The van der Waals surface area contributed by atoms with Crippen molar-refractivity contribution in [3.05, 3.63) is 69.7 Å². The standard InChI is InChI=1S/C17H14Cl2O2/c18-15-5-1-12(2-6-15)14(9-10-20)11-17(21)13-3-7-16(19)8-4-13/h1-8,10,14H,9,11H2. The third-order valence-corrected chi connectivity index (χ3v) is 3.82. The molecule has 2 rings (SSSR count). The van der Waals surface area contributed by atoms with Crippen LogP contribution in [-0.4, -0.2) is 12.1 Å². The van der Waals surface area contributed by atoms with Crippen molar-refractivity contribution in [3.8, 4) is 0 Å². The van der Waals surface area contributed by atoms with Crippen LogP contribution in [0.15, 0.2) is 48.5 Å². The fraction of sp³-hybridized carbons (Fsp3) is 0.176. The summed E-state index contributed by atoms with van der Waals surface area (Å²) in [4.78, 5) is 23.2. The van der Waals surface area contributed by atoms with Gasteiger partial charge in [-0.2, -0.15) is 0 Å². The van der Waals surface area contributed by atoms with E-state index in [0.29, 0.717) is 22.0 Å². The van der Waals surface area contributed by atoms with Crippen molar-refractivity contribution in [1.29, 1.82) is 0 Å². The zero-order chi connectivity index (χ0) is 15.2. The van der Waals surface area contributed by atoms with E-state index in [1.807, 2.05) is 12.1 Å². The molecule has 1 unspecified atom stereocenters. The van der Waals surface area contributed by atoms with Crippen LogP contribution in [-0.2, 0) is 4.79 Å². The number of Topliss-reactive ketones (excluding diaryl/α,β-unsaturated/α-hetero) is 1. The first kappa shape index (κ1) is 15.7. The molecule has 0 amide bonds. The third-order valence-electron chi connectivity index (χ3n) is 3.32. The van der Waals surface area contributed by atoms with Crippen molar-refractivity contribution < 1.29 is 9.59 Å². The third kappa shape index (κ3) is 4.42. The van der Waals surface area contributed by atoms with Crippen molar-refractivity contribution in [2.45, 2.75) is 18.8 Å². The molecule has 108 valence electrons. The molecule has 2 aromatic rings. The second-order valence-corrected chi connectivity index (χ2v) is 5.66. The summed E-state index contributed by atoms with van der Waals surface area (Å²) in [6.45, 7) is 0. The molecule has 2 aromatic carbocycles. The number of benzene rings is 2. The van der Waals surface area contributed by atoms with Gasteiger partial charge in [-0.3, -0.25) is 4.79 Å². The lowest BCUT2D eigenvalue weighted by atomic mass is 9.89. The maximum absolute atomic E-state index is 12.3. The van der Waals surface area contributed by atoms with Crippen LogP contribution in [0, 0.1) is 0 Å². The molecule has 0 aliphatic heterocycles. The SMILES string of the molecule is O=CCC(CC(=O)c1ccc(Cl)cc1)c1ccc(Cl)cc1. The van der Waals surface area contributed by atoms with E-state index in [4.69, 9.17) is 23.2 Å². The van der Waals surface area contributed by atoms with Gasteiger partial charge < -0.3 is 4.79 Å². The Kier molecular flexibility index (Phi) is 5.54. The van der Waals surface area contributed by atoms with E-state index >= 15 is 0 Å². The van der Waals surface area contributed by atoms with Crippen LogP contribution in [0.4, 0.5) is 0 Å². The quantitative estimate of drug-likeness (QED) is 0.558. The Morgan fingerprint density at radius 2 is 1.48 bits per heavy atom. The highest BCUT2D eigenvalue weighted by molar-refractivity contribution is 6.30. The summed E-state index contributed by atoms with van der Waals surface area (Å²) in [5, 5.41) is 1.22. The zero-order valence-corrected chi connectivity index (χ0v) is 12.8. The first-order valence-electron chi connectivity index (χ1n) is 6.58. The highest BCUT2D eigenvalue weighted by Crippen LogP contribution is 2.26. The van der Waals surface area contributed by atoms with E-state index in [9.17, 15) is 9.59 Å². The van der Waals surface area contributed by atoms with Gasteiger partial charge in [-0.15, -0.1) is 0 Å². The Morgan fingerprint density at radius 1 is 0.952 bits per heavy atom. The highest BCUT2D eigenvalue weighted by atomic mass is 35.5. The molecule has 0 heterocycles. The van der Waals surface area contributed by atoms with E-state index < -0.39 is 0 Å². The number of ketones is 1. The number of hydrogen-bond donors (Lipinski definition) is 0. The summed E-state index contributed by atoms with van der Waals surface area (Å²) in [6, 6.07) is 14.0. The Morgan fingerprint density at radius 3 is 2.00 bits per heavy atom. The van der Waals surface area contributed by atoms with Crippen LogP contribution < -0.4 is 0 Å². The molecule has 0 aliphatic rings. The molecule has 0 fully saturated rings. The Labute approximate surface area is 133 Å². The minimum atomic E-state index is -0.136. The smallest absolute Gasteiger partial charge is 0.163 e. The van der Waals surface area contributed by atoms with Crippen LogP contribution in [0.1, 0.15) is 34.7 Å². The predicted molar refractivity (Wildman–Crippen MR) is 85.3 cm³/mol. The summed E-state index contributed by atoms with van der Waals surface area (Å²) in [5.74, 6) is -0.142. The average Bonchev–Trinajstić information content (AvgIpc) is 2.48. The van der Waals surface area contributed by atoms with E-state index in [-0.39, 0.29) is 18.1 Å². The number of halogens is 2. The largest absolute Gasteiger partial charge is 0.303 e. The number of carbonyl (C=O) groups excluding carboxylic acids is 2. The molecular formula is C17H14Cl2O2. The molecule has 0 aromatic heterocycles. The van der Waals surface area contributed by atoms with Crippen molar-refractivity contribution >= 4 is 35.3 Å². The molecule has 0 N–H and O–H groups in total. The lowest BCUT2D eigenvalue weighted by Crippen LogP contribution is -2.08. The van der Waals surface area contributed by atoms with Crippen LogP contribution in [0.25, 0.3) is 0 Å². The molecular weight excluding hydrogens is 307 g/mol. The van der Waals surface area contributed by atoms with Crippen LogP contribution >= 0.6 is 23.2 Å². The van der Waals surface area contributed by atoms with Crippen LogP contribution in [0.3, 0.4) is 0 Å². The average molecular weight is 321 g/mol. The minimum Gasteiger partial charge on any atom is -0.303 e. The lowest BCUT2D eigenvalue weighted by molar-refractivity contribution is -0.108. The van der Waals surface area contributed by atoms with Crippen LogP contribution in [0.2, 0.25) is 10.0 Å². The van der Waals surface area contributed by atoms with E-state index in [1.54, 1.807) is 36.4 Å². The molecule has 0 saturated carbocycles. The number of carbonyl (C=O) groups is 2. The Hall–Kier alpha value is -1.64. The normalized spacial score (nSPS) is 11.9. The molecule has 1 atom stereocenters. The van der Waals surface area contributed by atoms with E-state index in [0.717, 1.165) is 11.8 Å². The molecule has 0 aliphatic carbocycles. The molecule has 21 heavy (non-hydrogen) atoms. The molecule has 0 spiro atoms. The fourth-order valence-corrected chi connectivity index (χ4v) is 2.42. The van der Waals surface area contributed by atoms with Gasteiger partial charge in [0.25, 0.3) is 0 Å². The molecule has 0 saturated heterocycles. The second kappa shape index (κ2) is 7.39. The van der Waals surface area contributed by atoms with Gasteiger partial charge >= 0.3 is 0 Å². The first-order chi connectivity index (χ1) is 10.1. The van der Waals surface area contributed by atoms with Gasteiger partial charge in [-0.05, 0) is 47.9 Å². The monoisotopic (exact) mass is 320 g/mol. The summed E-state index contributed by atoms with van der Waals surface area (Å²) in [7, 11) is 0. The van der Waals surface area contributed by atoms with Gasteiger partial charge in [0.1, 0.15) is 6.29 Å². The summed E-state index contributed by atoms with van der Waals surface area (Å²) in [6.07, 6.45) is 1.43.